The highest BCUT2D eigenvalue weighted by Gasteiger charge is 2.36. The zero-order chi connectivity index (χ0) is 28.1. The van der Waals surface area contributed by atoms with E-state index in [4.69, 9.17) is 16.3 Å². The second-order valence-corrected chi connectivity index (χ2v) is 11.1. The van der Waals surface area contributed by atoms with Gasteiger partial charge < -0.3 is 14.7 Å². The van der Waals surface area contributed by atoms with Crippen LogP contribution in [0.1, 0.15) is 70.6 Å². The molecule has 0 unspecified atom stereocenters. The van der Waals surface area contributed by atoms with E-state index in [-0.39, 0.29) is 18.7 Å². The molecule has 1 aliphatic heterocycles. The van der Waals surface area contributed by atoms with Crippen molar-refractivity contribution in [1.29, 1.82) is 0 Å². The average Bonchev–Trinajstić information content (AvgIpc) is 3.29. The number of carbonyl (C=O) groups is 2. The van der Waals surface area contributed by atoms with Gasteiger partial charge in [0.25, 0.3) is 5.91 Å². The van der Waals surface area contributed by atoms with Crippen LogP contribution >= 0.6 is 11.6 Å². The molecule has 200 valence electrons. The molecule has 0 spiro atoms. The predicted molar refractivity (Wildman–Crippen MR) is 142 cm³/mol. The first-order valence-corrected chi connectivity index (χ1v) is 12.6. The highest BCUT2D eigenvalue weighted by Crippen LogP contribution is 2.44. The van der Waals surface area contributed by atoms with Gasteiger partial charge in [-0.2, -0.15) is 0 Å². The van der Waals surface area contributed by atoms with Crippen LogP contribution < -0.4 is 0 Å². The van der Waals surface area contributed by atoms with Crippen LogP contribution in [0.5, 0.6) is 0 Å². The van der Waals surface area contributed by atoms with E-state index >= 15 is 0 Å². The van der Waals surface area contributed by atoms with Crippen LogP contribution in [-0.2, 0) is 22.6 Å². The Morgan fingerprint density at radius 3 is 2.00 bits per heavy atom. The van der Waals surface area contributed by atoms with Gasteiger partial charge in [0.05, 0.1) is 5.60 Å². The van der Waals surface area contributed by atoms with Gasteiger partial charge in [-0.25, -0.2) is 13.6 Å². The summed E-state index contributed by atoms with van der Waals surface area (Å²) in [6, 6.07) is 9.66. The third kappa shape index (κ3) is 5.18. The number of hydrogen-bond acceptors (Lipinski definition) is 3. The molecule has 0 bridgehead atoms. The first kappa shape index (κ1) is 27.7. The maximum Gasteiger partial charge on any atom is 0.337 e. The monoisotopic (exact) mass is 541 g/mol. The number of rotatable bonds is 5. The van der Waals surface area contributed by atoms with Crippen LogP contribution in [0.4, 0.5) is 8.78 Å². The van der Waals surface area contributed by atoms with Gasteiger partial charge in [-0.05, 0) is 87.1 Å². The van der Waals surface area contributed by atoms with E-state index in [1.54, 1.807) is 20.8 Å². The van der Waals surface area contributed by atoms with Crippen molar-refractivity contribution in [3.63, 3.8) is 0 Å². The molecule has 0 saturated carbocycles. The van der Waals surface area contributed by atoms with Gasteiger partial charge in [-0.1, -0.05) is 41.4 Å². The van der Waals surface area contributed by atoms with Crippen molar-refractivity contribution in [2.45, 2.75) is 66.3 Å². The van der Waals surface area contributed by atoms with E-state index in [0.717, 1.165) is 45.5 Å². The summed E-state index contributed by atoms with van der Waals surface area (Å²) in [5.74, 6) is -3.68. The van der Waals surface area contributed by atoms with E-state index in [1.165, 1.54) is 4.90 Å². The number of carbonyl (C=O) groups excluding carboxylic acids is 1. The second kappa shape index (κ2) is 10.1. The molecule has 4 rings (SSSR count). The Labute approximate surface area is 226 Å². The number of aliphatic carboxylic acids is 1. The maximum atomic E-state index is 14.1. The fraction of sp³-hybridized carbons (Fsp3) is 0.333. The molecule has 0 fully saturated rings. The smallest absolute Gasteiger partial charge is 0.337 e. The molecule has 1 atom stereocenters. The van der Waals surface area contributed by atoms with Gasteiger partial charge in [0, 0.05) is 24.2 Å². The van der Waals surface area contributed by atoms with Gasteiger partial charge in [0.15, 0.2) is 6.10 Å². The number of carboxylic acid groups (broad SMARTS) is 1. The van der Waals surface area contributed by atoms with Gasteiger partial charge in [-0.15, -0.1) is 0 Å². The molecule has 1 heterocycles. The molecule has 38 heavy (non-hydrogen) atoms. The molecular weight excluding hydrogens is 512 g/mol. The number of fused-ring (bicyclic) bond motifs is 1. The van der Waals surface area contributed by atoms with Crippen LogP contribution in [0.2, 0.25) is 5.02 Å². The molecule has 3 aromatic rings. The summed E-state index contributed by atoms with van der Waals surface area (Å²) >= 11 is 5.60. The van der Waals surface area contributed by atoms with Gasteiger partial charge in [0.1, 0.15) is 16.7 Å². The number of amides is 1. The summed E-state index contributed by atoms with van der Waals surface area (Å²) in [6.45, 7) is 11.5. The average molecular weight is 542 g/mol. The highest BCUT2D eigenvalue weighted by molar-refractivity contribution is 6.31. The van der Waals surface area contributed by atoms with Crippen molar-refractivity contribution < 1.29 is 28.2 Å². The molecule has 1 aliphatic rings. The summed E-state index contributed by atoms with van der Waals surface area (Å²) < 4.78 is 34.2. The number of hydrogen-bond donors (Lipinski definition) is 1. The van der Waals surface area contributed by atoms with Crippen molar-refractivity contribution in [3.05, 3.63) is 92.0 Å². The maximum absolute atomic E-state index is 14.1. The van der Waals surface area contributed by atoms with Gasteiger partial charge in [0.2, 0.25) is 0 Å². The largest absolute Gasteiger partial charge is 0.479 e. The number of aryl methyl sites for hydroxylation is 1. The van der Waals surface area contributed by atoms with Crippen LogP contribution in [-0.4, -0.2) is 27.5 Å². The normalized spacial score (nSPS) is 14.0. The third-order valence-corrected chi connectivity index (χ3v) is 7.19. The fourth-order valence-corrected chi connectivity index (χ4v) is 5.14. The van der Waals surface area contributed by atoms with Crippen LogP contribution in [0.25, 0.3) is 11.1 Å². The molecule has 0 saturated heterocycles. The predicted octanol–water partition coefficient (Wildman–Crippen LogP) is 7.31. The van der Waals surface area contributed by atoms with Crippen molar-refractivity contribution in [3.8, 4) is 11.1 Å². The van der Waals surface area contributed by atoms with Crippen molar-refractivity contribution in [1.82, 2.24) is 4.90 Å². The lowest BCUT2D eigenvalue weighted by Crippen LogP contribution is -2.28. The molecular formula is C30H30ClF2NO4. The number of ether oxygens (including phenoxy) is 1. The van der Waals surface area contributed by atoms with Crippen molar-refractivity contribution >= 4 is 23.5 Å². The van der Waals surface area contributed by atoms with Gasteiger partial charge >= 0.3 is 5.97 Å². The first-order valence-electron chi connectivity index (χ1n) is 12.3. The Morgan fingerprint density at radius 1 is 0.974 bits per heavy atom. The zero-order valence-electron chi connectivity index (χ0n) is 22.2. The Morgan fingerprint density at radius 2 is 1.50 bits per heavy atom. The fourth-order valence-electron chi connectivity index (χ4n) is 5.03. The number of nitrogens with zero attached hydrogens (tertiary/aromatic N) is 1. The lowest BCUT2D eigenvalue weighted by molar-refractivity contribution is -0.160. The van der Waals surface area contributed by atoms with E-state index in [9.17, 15) is 23.5 Å². The summed E-state index contributed by atoms with van der Waals surface area (Å²) in [5, 5.41) is 9.60. The van der Waals surface area contributed by atoms with Crippen LogP contribution in [0, 0.1) is 32.4 Å². The molecule has 1 amide bonds. The molecule has 0 aromatic heterocycles. The minimum Gasteiger partial charge on any atom is -0.479 e. The van der Waals surface area contributed by atoms with Crippen LogP contribution in [0.15, 0.2) is 36.4 Å². The molecule has 5 nitrogen and oxygen atoms in total. The molecule has 3 aromatic carbocycles. The number of halogens is 3. The zero-order valence-corrected chi connectivity index (χ0v) is 23.0. The Balaban J connectivity index is 1.88. The molecule has 0 aliphatic carbocycles. The molecule has 8 heteroatoms. The van der Waals surface area contributed by atoms with E-state index < -0.39 is 40.2 Å². The summed E-state index contributed by atoms with van der Waals surface area (Å²) in [7, 11) is 0. The van der Waals surface area contributed by atoms with Crippen molar-refractivity contribution in [2.75, 3.05) is 0 Å². The lowest BCUT2D eigenvalue weighted by Gasteiger charge is -2.29. The summed E-state index contributed by atoms with van der Waals surface area (Å²) in [5.41, 5.74) is 5.52. The Kier molecular flexibility index (Phi) is 7.38. The van der Waals surface area contributed by atoms with Crippen LogP contribution in [0.3, 0.4) is 0 Å². The second-order valence-electron chi connectivity index (χ2n) is 10.7. The first-order chi connectivity index (χ1) is 17.7. The number of benzene rings is 3. The minimum atomic E-state index is -1.25. The number of carboxylic acids is 1. The lowest BCUT2D eigenvalue weighted by atomic mass is 9.83. The molecule has 0 radical (unpaired) electrons. The SMILES string of the molecule is Cc1ccc(-c2c(C)c3c(c(C)c2[C@H](OC(C)(C)C)C(=O)O)CN(C(=O)c2cc(F)c(Cl)c(F)c2)C3)cc1. The topological polar surface area (TPSA) is 66.8 Å². The van der Waals surface area contributed by atoms with Crippen molar-refractivity contribution in [2.24, 2.45) is 0 Å². The highest BCUT2D eigenvalue weighted by atomic mass is 35.5. The summed E-state index contributed by atoms with van der Waals surface area (Å²) in [4.78, 5) is 27.3. The van der Waals surface area contributed by atoms with E-state index in [1.807, 2.05) is 45.0 Å². The standard InChI is InChI=1S/C30H30ClF2NO4/c1-15-7-9-18(10-8-15)24-16(2)20-13-34(28(35)19-11-22(32)26(31)23(33)12-19)14-21(20)17(3)25(24)27(29(36)37)38-30(4,5)6/h7-12,27H,13-14H2,1-6H3,(H,36,37)/t27-/m0/s1. The summed E-state index contributed by atoms with van der Waals surface area (Å²) in [6.07, 6.45) is -1.25. The Bertz CT molecular complexity index is 1420. The Hall–Kier alpha value is -3.29. The minimum absolute atomic E-state index is 0.147. The molecule has 1 N–H and O–H groups in total. The quantitative estimate of drug-likeness (QED) is 0.344. The van der Waals surface area contributed by atoms with E-state index in [2.05, 4.69) is 0 Å². The van der Waals surface area contributed by atoms with Gasteiger partial charge in [-0.3, -0.25) is 4.79 Å². The van der Waals surface area contributed by atoms with E-state index in [0.29, 0.717) is 11.1 Å². The third-order valence-electron chi connectivity index (χ3n) is 6.83.